The minimum absolute atomic E-state index is 0.249. The molecule has 82 valence electrons. The van der Waals surface area contributed by atoms with Crippen molar-refractivity contribution in [3.63, 3.8) is 0 Å². The molecule has 0 spiro atoms. The van der Waals surface area contributed by atoms with E-state index in [1.807, 2.05) is 0 Å². The van der Waals surface area contributed by atoms with Crippen molar-refractivity contribution in [2.75, 3.05) is 19.7 Å². The molecule has 0 aromatic rings. The zero-order valence-corrected chi connectivity index (χ0v) is 8.50. The van der Waals surface area contributed by atoms with Crippen molar-refractivity contribution < 1.29 is 14.6 Å². The number of nitrogens with one attached hydrogen (secondary N) is 1. The number of rotatable bonds is 6. The Morgan fingerprint density at radius 1 is 1.50 bits per heavy atom. The monoisotopic (exact) mass is 201 g/mol. The van der Waals surface area contributed by atoms with Crippen molar-refractivity contribution in [2.24, 2.45) is 0 Å². The minimum atomic E-state index is -0.722. The Balaban J connectivity index is 1.90. The molecule has 0 aliphatic carbocycles. The van der Waals surface area contributed by atoms with Gasteiger partial charge in [0, 0.05) is 19.6 Å². The molecule has 2 N–H and O–H groups in total. The van der Waals surface area contributed by atoms with Crippen LogP contribution in [-0.2, 0) is 9.53 Å². The Kier molecular flexibility index (Phi) is 5.56. The van der Waals surface area contributed by atoms with Crippen LogP contribution in [0.15, 0.2) is 0 Å². The van der Waals surface area contributed by atoms with Crippen LogP contribution in [0.4, 0.5) is 0 Å². The second kappa shape index (κ2) is 6.79. The molecular formula is C10H19NO3. The molecule has 1 aliphatic rings. The summed E-state index contributed by atoms with van der Waals surface area (Å²) in [7, 11) is 0. The molecule has 4 nitrogen and oxygen atoms in total. The highest BCUT2D eigenvalue weighted by atomic mass is 16.5. The lowest BCUT2D eigenvalue weighted by atomic mass is 10.1. The van der Waals surface area contributed by atoms with E-state index in [0.29, 0.717) is 12.5 Å². The first-order valence-electron chi connectivity index (χ1n) is 5.33. The Bertz CT molecular complexity index is 167. The number of hydrogen-bond acceptors (Lipinski definition) is 3. The highest BCUT2D eigenvalue weighted by Crippen LogP contribution is 2.11. The molecule has 1 rings (SSSR count). The van der Waals surface area contributed by atoms with Gasteiger partial charge in [0.25, 0.3) is 0 Å². The highest BCUT2D eigenvalue weighted by molar-refractivity contribution is 5.66. The molecule has 0 amide bonds. The molecule has 1 unspecified atom stereocenters. The quantitative estimate of drug-likeness (QED) is 0.630. The highest BCUT2D eigenvalue weighted by Gasteiger charge is 2.12. The summed E-state index contributed by atoms with van der Waals surface area (Å²) in [5.41, 5.74) is 0. The van der Waals surface area contributed by atoms with Gasteiger partial charge in [0.1, 0.15) is 0 Å². The average molecular weight is 201 g/mol. The van der Waals surface area contributed by atoms with Crippen molar-refractivity contribution >= 4 is 5.97 Å². The summed E-state index contributed by atoms with van der Waals surface area (Å²) in [4.78, 5) is 10.2. The lowest BCUT2D eigenvalue weighted by Crippen LogP contribution is -2.32. The molecule has 0 saturated carbocycles. The lowest BCUT2D eigenvalue weighted by Gasteiger charge is -2.22. The van der Waals surface area contributed by atoms with E-state index in [0.717, 1.165) is 26.1 Å². The van der Waals surface area contributed by atoms with E-state index in [4.69, 9.17) is 9.84 Å². The fraction of sp³-hybridized carbons (Fsp3) is 0.900. The Hall–Kier alpha value is -0.610. The normalized spacial score (nSPS) is 22.1. The van der Waals surface area contributed by atoms with E-state index in [1.54, 1.807) is 0 Å². The van der Waals surface area contributed by atoms with E-state index in [1.165, 1.54) is 12.8 Å². The second-order valence-corrected chi connectivity index (χ2v) is 3.69. The maximum Gasteiger partial charge on any atom is 0.303 e. The first-order valence-corrected chi connectivity index (χ1v) is 5.33. The van der Waals surface area contributed by atoms with Crippen molar-refractivity contribution in [1.29, 1.82) is 0 Å². The van der Waals surface area contributed by atoms with Crippen LogP contribution in [0.1, 0.15) is 32.1 Å². The topological polar surface area (TPSA) is 58.6 Å². The Labute approximate surface area is 84.6 Å². The van der Waals surface area contributed by atoms with Crippen LogP contribution in [0.2, 0.25) is 0 Å². The van der Waals surface area contributed by atoms with Gasteiger partial charge in [0.05, 0.1) is 6.10 Å². The molecule has 1 heterocycles. The average Bonchev–Trinajstić information content (AvgIpc) is 2.18. The summed E-state index contributed by atoms with van der Waals surface area (Å²) in [6.45, 7) is 2.51. The predicted octanol–water partition coefficient (Wildman–Crippen LogP) is 1.01. The van der Waals surface area contributed by atoms with Crippen LogP contribution >= 0.6 is 0 Å². The van der Waals surface area contributed by atoms with Crippen molar-refractivity contribution in [3.8, 4) is 0 Å². The van der Waals surface area contributed by atoms with Gasteiger partial charge in [-0.1, -0.05) is 0 Å². The molecule has 0 aromatic carbocycles. The molecule has 1 fully saturated rings. The van der Waals surface area contributed by atoms with Crippen LogP contribution in [0, 0.1) is 0 Å². The van der Waals surface area contributed by atoms with E-state index >= 15 is 0 Å². The fourth-order valence-electron chi connectivity index (χ4n) is 1.60. The molecule has 14 heavy (non-hydrogen) atoms. The second-order valence-electron chi connectivity index (χ2n) is 3.69. The van der Waals surface area contributed by atoms with Gasteiger partial charge in [0.2, 0.25) is 0 Å². The number of aliphatic carboxylic acids is 1. The molecule has 4 heteroatoms. The smallest absolute Gasteiger partial charge is 0.303 e. The van der Waals surface area contributed by atoms with Crippen molar-refractivity contribution in [3.05, 3.63) is 0 Å². The van der Waals surface area contributed by atoms with Crippen molar-refractivity contribution in [1.82, 2.24) is 5.32 Å². The Morgan fingerprint density at radius 3 is 3.00 bits per heavy atom. The standard InChI is InChI=1S/C10H19NO3/c12-10(13)5-3-6-11-8-9-4-1-2-7-14-9/h9,11H,1-8H2,(H,12,13). The number of hydrogen-bond donors (Lipinski definition) is 2. The zero-order chi connectivity index (χ0) is 10.2. The first kappa shape index (κ1) is 11.5. The van der Waals surface area contributed by atoms with Gasteiger partial charge in [-0.2, -0.15) is 0 Å². The van der Waals surface area contributed by atoms with Crippen LogP contribution < -0.4 is 5.32 Å². The van der Waals surface area contributed by atoms with Gasteiger partial charge in [0.15, 0.2) is 0 Å². The van der Waals surface area contributed by atoms with Gasteiger partial charge in [-0.15, -0.1) is 0 Å². The van der Waals surface area contributed by atoms with E-state index in [2.05, 4.69) is 5.32 Å². The third-order valence-electron chi connectivity index (χ3n) is 2.39. The maximum atomic E-state index is 10.2. The molecule has 0 aromatic heterocycles. The molecule has 1 saturated heterocycles. The third kappa shape index (κ3) is 5.19. The molecule has 0 bridgehead atoms. The molecule has 1 aliphatic heterocycles. The van der Waals surface area contributed by atoms with E-state index in [-0.39, 0.29) is 6.42 Å². The summed E-state index contributed by atoms with van der Waals surface area (Å²) in [6, 6.07) is 0. The number of carboxylic acids is 1. The largest absolute Gasteiger partial charge is 0.481 e. The van der Waals surface area contributed by atoms with Crippen molar-refractivity contribution in [2.45, 2.75) is 38.2 Å². The molecule has 1 atom stereocenters. The summed E-state index contributed by atoms with van der Waals surface area (Å²) in [6.07, 6.45) is 4.84. The number of ether oxygens (including phenoxy) is 1. The van der Waals surface area contributed by atoms with Crippen LogP contribution in [0.3, 0.4) is 0 Å². The van der Waals surface area contributed by atoms with E-state index < -0.39 is 5.97 Å². The maximum absolute atomic E-state index is 10.2. The minimum Gasteiger partial charge on any atom is -0.481 e. The first-order chi connectivity index (χ1) is 6.79. The van der Waals surface area contributed by atoms with Gasteiger partial charge < -0.3 is 15.2 Å². The predicted molar refractivity (Wildman–Crippen MR) is 53.3 cm³/mol. The van der Waals surface area contributed by atoms with Gasteiger partial charge in [-0.25, -0.2) is 0 Å². The van der Waals surface area contributed by atoms with E-state index in [9.17, 15) is 4.79 Å². The Morgan fingerprint density at radius 2 is 2.36 bits per heavy atom. The molecule has 0 radical (unpaired) electrons. The van der Waals surface area contributed by atoms with Crippen LogP contribution in [0.5, 0.6) is 0 Å². The van der Waals surface area contributed by atoms with Crippen LogP contribution in [0.25, 0.3) is 0 Å². The molecular weight excluding hydrogens is 182 g/mol. The van der Waals surface area contributed by atoms with Gasteiger partial charge >= 0.3 is 5.97 Å². The summed E-state index contributed by atoms with van der Waals surface area (Å²) in [5.74, 6) is -0.722. The summed E-state index contributed by atoms with van der Waals surface area (Å²) < 4.78 is 5.53. The van der Waals surface area contributed by atoms with Gasteiger partial charge in [-0.3, -0.25) is 4.79 Å². The third-order valence-corrected chi connectivity index (χ3v) is 2.39. The SMILES string of the molecule is O=C(O)CCCNCC1CCCCO1. The summed E-state index contributed by atoms with van der Waals surface area (Å²) >= 11 is 0. The lowest BCUT2D eigenvalue weighted by molar-refractivity contribution is -0.137. The van der Waals surface area contributed by atoms with Crippen LogP contribution in [-0.4, -0.2) is 36.9 Å². The fourth-order valence-corrected chi connectivity index (χ4v) is 1.60. The zero-order valence-electron chi connectivity index (χ0n) is 8.50. The van der Waals surface area contributed by atoms with Gasteiger partial charge in [-0.05, 0) is 32.2 Å². The number of carboxylic acid groups (broad SMARTS) is 1. The summed E-state index contributed by atoms with van der Waals surface area (Å²) in [5, 5.41) is 11.6. The number of carbonyl (C=O) groups is 1.